The first kappa shape index (κ1) is 14.3. The molecule has 1 unspecified atom stereocenters. The summed E-state index contributed by atoms with van der Waals surface area (Å²) in [7, 11) is 0. The van der Waals surface area contributed by atoms with E-state index in [0.717, 1.165) is 5.56 Å². The molecule has 1 fully saturated rings. The molecule has 1 saturated heterocycles. The molecule has 2 amide bonds. The molecule has 1 heterocycles. The highest BCUT2D eigenvalue weighted by Gasteiger charge is 2.32. The molecule has 0 aromatic heterocycles. The van der Waals surface area contributed by atoms with Gasteiger partial charge in [0.25, 0.3) is 0 Å². The van der Waals surface area contributed by atoms with E-state index in [0.29, 0.717) is 26.1 Å². The van der Waals surface area contributed by atoms with Gasteiger partial charge in [-0.05, 0) is 12.5 Å². The van der Waals surface area contributed by atoms with E-state index >= 15 is 0 Å². The second-order valence-electron chi connectivity index (χ2n) is 4.89. The lowest BCUT2D eigenvalue weighted by Gasteiger charge is -2.13. The maximum atomic E-state index is 11.9. The zero-order chi connectivity index (χ0) is 14.4. The van der Waals surface area contributed by atoms with E-state index in [1.807, 2.05) is 49.4 Å². The van der Waals surface area contributed by atoms with Gasteiger partial charge in [-0.15, -0.1) is 0 Å². The fraction of sp³-hybridized carbons (Fsp3) is 0.375. The Kier molecular flexibility index (Phi) is 4.93. The predicted molar refractivity (Wildman–Crippen MR) is 78.8 cm³/mol. The molecule has 1 atom stereocenters. The molecule has 0 bridgehead atoms. The highest BCUT2D eigenvalue weighted by atomic mass is 16.2. The van der Waals surface area contributed by atoms with Crippen LogP contribution in [0.3, 0.4) is 0 Å². The van der Waals surface area contributed by atoms with Crippen LogP contribution in [0.4, 0.5) is 0 Å². The second kappa shape index (κ2) is 6.89. The van der Waals surface area contributed by atoms with E-state index in [1.165, 1.54) is 0 Å². The van der Waals surface area contributed by atoms with Crippen molar-refractivity contribution < 1.29 is 9.59 Å². The number of nitrogens with zero attached hydrogens (tertiary/aromatic N) is 1. The average molecular weight is 272 g/mol. The molecule has 0 spiro atoms. The SMILES string of the molecule is CCN1CC(C(=O)NCC=Cc2ccccc2)CC1=O. The van der Waals surface area contributed by atoms with Crippen molar-refractivity contribution in [3.63, 3.8) is 0 Å². The molecule has 0 saturated carbocycles. The van der Waals surface area contributed by atoms with Crippen molar-refractivity contribution in [2.24, 2.45) is 5.92 Å². The minimum atomic E-state index is -0.201. The van der Waals surface area contributed by atoms with Gasteiger partial charge in [-0.2, -0.15) is 0 Å². The molecule has 20 heavy (non-hydrogen) atoms. The van der Waals surface area contributed by atoms with Crippen molar-refractivity contribution in [2.75, 3.05) is 19.6 Å². The zero-order valence-corrected chi connectivity index (χ0v) is 11.7. The summed E-state index contributed by atoms with van der Waals surface area (Å²) in [5.41, 5.74) is 1.11. The number of likely N-dealkylation sites (tertiary alicyclic amines) is 1. The Balaban J connectivity index is 1.76. The van der Waals surface area contributed by atoms with Gasteiger partial charge in [0.05, 0.1) is 5.92 Å². The molecule has 1 aromatic rings. The maximum absolute atomic E-state index is 11.9. The normalized spacial score (nSPS) is 18.8. The van der Waals surface area contributed by atoms with Crippen molar-refractivity contribution >= 4 is 17.9 Å². The minimum absolute atomic E-state index is 0.0352. The second-order valence-corrected chi connectivity index (χ2v) is 4.89. The Morgan fingerprint density at radius 1 is 1.40 bits per heavy atom. The lowest BCUT2D eigenvalue weighted by Crippen LogP contribution is -2.32. The topological polar surface area (TPSA) is 49.4 Å². The minimum Gasteiger partial charge on any atom is -0.352 e. The summed E-state index contributed by atoms with van der Waals surface area (Å²) in [4.78, 5) is 25.2. The van der Waals surface area contributed by atoms with Gasteiger partial charge in [0.1, 0.15) is 0 Å². The quantitative estimate of drug-likeness (QED) is 0.886. The van der Waals surface area contributed by atoms with Gasteiger partial charge < -0.3 is 10.2 Å². The van der Waals surface area contributed by atoms with Gasteiger partial charge >= 0.3 is 0 Å². The third-order valence-electron chi connectivity index (χ3n) is 3.47. The van der Waals surface area contributed by atoms with Crippen molar-refractivity contribution in [3.8, 4) is 0 Å². The standard InChI is InChI=1S/C16H20N2O2/c1-2-18-12-14(11-15(18)19)16(20)17-10-6-9-13-7-4-3-5-8-13/h3-9,14H,2,10-12H2,1H3,(H,17,20). The number of benzene rings is 1. The van der Waals surface area contributed by atoms with Crippen molar-refractivity contribution in [2.45, 2.75) is 13.3 Å². The summed E-state index contributed by atoms with van der Waals surface area (Å²) < 4.78 is 0. The molecule has 1 aliphatic rings. The van der Waals surface area contributed by atoms with Crippen molar-refractivity contribution in [3.05, 3.63) is 42.0 Å². The molecule has 1 aliphatic heterocycles. The van der Waals surface area contributed by atoms with Crippen LogP contribution in [0.25, 0.3) is 6.08 Å². The average Bonchev–Trinajstić information content (AvgIpc) is 2.86. The molecule has 1 aromatic carbocycles. The largest absolute Gasteiger partial charge is 0.352 e. The first-order valence-electron chi connectivity index (χ1n) is 6.97. The maximum Gasteiger partial charge on any atom is 0.225 e. The number of carbonyl (C=O) groups excluding carboxylic acids is 2. The molecular formula is C16H20N2O2. The number of carbonyl (C=O) groups is 2. The van der Waals surface area contributed by atoms with E-state index in [2.05, 4.69) is 5.32 Å². The summed E-state index contributed by atoms with van der Waals surface area (Å²) in [5, 5.41) is 2.86. The van der Waals surface area contributed by atoms with Gasteiger partial charge in [0, 0.05) is 26.1 Å². The summed E-state index contributed by atoms with van der Waals surface area (Å²) in [6, 6.07) is 9.93. The van der Waals surface area contributed by atoms with Crippen LogP contribution >= 0.6 is 0 Å². The first-order valence-corrected chi connectivity index (χ1v) is 6.97. The highest BCUT2D eigenvalue weighted by Crippen LogP contribution is 2.17. The lowest BCUT2D eigenvalue weighted by molar-refractivity contribution is -0.128. The fourth-order valence-electron chi connectivity index (χ4n) is 2.32. The molecule has 2 rings (SSSR count). The summed E-state index contributed by atoms with van der Waals surface area (Å²) >= 11 is 0. The van der Waals surface area contributed by atoms with Gasteiger partial charge in [-0.3, -0.25) is 9.59 Å². The lowest BCUT2D eigenvalue weighted by atomic mass is 10.1. The van der Waals surface area contributed by atoms with Crippen LogP contribution in [0.15, 0.2) is 36.4 Å². The number of hydrogen-bond acceptors (Lipinski definition) is 2. The van der Waals surface area contributed by atoms with Crippen LogP contribution in [0, 0.1) is 5.92 Å². The number of hydrogen-bond donors (Lipinski definition) is 1. The molecule has 0 aliphatic carbocycles. The molecule has 1 N–H and O–H groups in total. The van der Waals surface area contributed by atoms with E-state index in [1.54, 1.807) is 4.90 Å². The molecule has 106 valence electrons. The van der Waals surface area contributed by atoms with Gasteiger partial charge in [-0.1, -0.05) is 42.5 Å². The van der Waals surface area contributed by atoms with Crippen molar-refractivity contribution in [1.82, 2.24) is 10.2 Å². The van der Waals surface area contributed by atoms with Crippen molar-refractivity contribution in [1.29, 1.82) is 0 Å². The molecular weight excluding hydrogens is 252 g/mol. The van der Waals surface area contributed by atoms with Crippen LogP contribution in [0.5, 0.6) is 0 Å². The Bertz CT molecular complexity index is 496. The van der Waals surface area contributed by atoms with Crippen LogP contribution < -0.4 is 5.32 Å². The van der Waals surface area contributed by atoms with Crippen LogP contribution in [0.2, 0.25) is 0 Å². The summed E-state index contributed by atoms with van der Waals surface area (Å²) in [6.45, 7) is 3.64. The molecule has 4 heteroatoms. The Morgan fingerprint density at radius 3 is 2.80 bits per heavy atom. The van der Waals surface area contributed by atoms with E-state index < -0.39 is 0 Å². The zero-order valence-electron chi connectivity index (χ0n) is 11.7. The third kappa shape index (κ3) is 3.70. The number of nitrogens with one attached hydrogen (secondary N) is 1. The van der Waals surface area contributed by atoms with Crippen LogP contribution in [-0.2, 0) is 9.59 Å². The Labute approximate surface area is 119 Å². The van der Waals surface area contributed by atoms with E-state index in [4.69, 9.17) is 0 Å². The predicted octanol–water partition coefficient (Wildman–Crippen LogP) is 1.68. The smallest absolute Gasteiger partial charge is 0.225 e. The van der Waals surface area contributed by atoms with Crippen LogP contribution in [-0.4, -0.2) is 36.3 Å². The van der Waals surface area contributed by atoms with E-state index in [9.17, 15) is 9.59 Å². The highest BCUT2D eigenvalue weighted by molar-refractivity contribution is 5.89. The van der Waals surface area contributed by atoms with E-state index in [-0.39, 0.29) is 17.7 Å². The molecule has 0 radical (unpaired) electrons. The van der Waals surface area contributed by atoms with Gasteiger partial charge in [-0.25, -0.2) is 0 Å². The Hall–Kier alpha value is -2.10. The Morgan fingerprint density at radius 2 is 2.15 bits per heavy atom. The third-order valence-corrected chi connectivity index (χ3v) is 3.47. The summed E-state index contributed by atoms with van der Waals surface area (Å²) in [5.74, 6) is -0.160. The monoisotopic (exact) mass is 272 g/mol. The molecule has 4 nitrogen and oxygen atoms in total. The summed E-state index contributed by atoms with van der Waals surface area (Å²) in [6.07, 6.45) is 4.22. The first-order chi connectivity index (χ1) is 9.70. The fourth-order valence-corrected chi connectivity index (χ4v) is 2.32. The van der Waals surface area contributed by atoms with Gasteiger partial charge in [0.2, 0.25) is 11.8 Å². The number of rotatable bonds is 5. The number of amides is 2. The van der Waals surface area contributed by atoms with Crippen LogP contribution in [0.1, 0.15) is 18.9 Å². The van der Waals surface area contributed by atoms with Gasteiger partial charge in [0.15, 0.2) is 0 Å².